The molecule has 0 aliphatic heterocycles. The number of halogens is 2. The predicted molar refractivity (Wildman–Crippen MR) is 127 cm³/mol. The number of rotatable bonds is 8. The summed E-state index contributed by atoms with van der Waals surface area (Å²) in [5.41, 5.74) is 1.08. The molecule has 0 saturated carbocycles. The number of para-hydroxylation sites is 1. The lowest BCUT2D eigenvalue weighted by molar-refractivity contribution is -0.127. The molecule has 0 atom stereocenters. The molecule has 0 saturated heterocycles. The first kappa shape index (κ1) is 24.2. The first-order chi connectivity index (χ1) is 13.0. The molecule has 0 spiro atoms. The zero-order valence-electron chi connectivity index (χ0n) is 16.0. The quantitative estimate of drug-likeness (QED) is 0.225. The van der Waals surface area contributed by atoms with Gasteiger partial charge in [0.2, 0.25) is 5.91 Å². The second-order valence-corrected chi connectivity index (χ2v) is 6.94. The van der Waals surface area contributed by atoms with Crippen molar-refractivity contribution >= 4 is 51.8 Å². The van der Waals surface area contributed by atoms with Crippen LogP contribution >= 0.6 is 39.9 Å². The summed E-state index contributed by atoms with van der Waals surface area (Å²) in [6.07, 6.45) is 0. The first-order valence-corrected chi connectivity index (χ1v) is 9.48. The van der Waals surface area contributed by atoms with Crippen LogP contribution in [0.2, 0.25) is 0 Å². The van der Waals surface area contributed by atoms with E-state index in [-0.39, 0.29) is 36.4 Å². The second kappa shape index (κ2) is 13.4. The summed E-state index contributed by atoms with van der Waals surface area (Å²) in [6, 6.07) is 17.6. The number of hydrogen-bond acceptors (Lipinski definition) is 3. The number of nitrogens with one attached hydrogen (secondary N) is 2. The Balaban J connectivity index is 0.00000392. The smallest absolute Gasteiger partial charge is 0.241 e. The number of carbonyl (C=O) groups excluding carboxylic acids is 1. The van der Waals surface area contributed by atoms with Gasteiger partial charge in [-0.1, -0.05) is 46.3 Å². The maximum absolute atomic E-state index is 11.8. The summed E-state index contributed by atoms with van der Waals surface area (Å²) >= 11 is 3.42. The monoisotopic (exact) mass is 560 g/mol. The SMILES string of the molecule is CN(C)C(=O)CNC(=NCc1ccc(Br)cc1)NCCOc1ccccc1.I. The van der Waals surface area contributed by atoms with Gasteiger partial charge >= 0.3 is 0 Å². The van der Waals surface area contributed by atoms with Gasteiger partial charge in [0.25, 0.3) is 0 Å². The minimum absolute atomic E-state index is 0. The molecule has 2 aromatic carbocycles. The minimum Gasteiger partial charge on any atom is -0.492 e. The molecule has 2 N–H and O–H groups in total. The van der Waals surface area contributed by atoms with Crippen LogP contribution in [-0.2, 0) is 11.3 Å². The lowest BCUT2D eigenvalue weighted by Crippen LogP contribution is -2.44. The van der Waals surface area contributed by atoms with Crippen molar-refractivity contribution in [2.75, 3.05) is 33.8 Å². The van der Waals surface area contributed by atoms with Crippen LogP contribution in [0.25, 0.3) is 0 Å². The fourth-order valence-corrected chi connectivity index (χ4v) is 2.37. The van der Waals surface area contributed by atoms with E-state index in [1.807, 2.05) is 54.6 Å². The highest BCUT2D eigenvalue weighted by Gasteiger charge is 2.06. The fourth-order valence-electron chi connectivity index (χ4n) is 2.11. The average molecular weight is 561 g/mol. The lowest BCUT2D eigenvalue weighted by Gasteiger charge is -2.15. The van der Waals surface area contributed by atoms with E-state index in [1.165, 1.54) is 4.90 Å². The van der Waals surface area contributed by atoms with Crippen molar-refractivity contribution in [2.45, 2.75) is 6.54 Å². The molecule has 28 heavy (non-hydrogen) atoms. The summed E-state index contributed by atoms with van der Waals surface area (Å²) in [5.74, 6) is 1.38. The number of likely N-dealkylation sites (N-methyl/N-ethyl adjacent to an activating group) is 1. The van der Waals surface area contributed by atoms with Gasteiger partial charge in [-0.15, -0.1) is 24.0 Å². The van der Waals surface area contributed by atoms with Crippen LogP contribution in [0.4, 0.5) is 0 Å². The Morgan fingerprint density at radius 2 is 1.75 bits per heavy atom. The third-order valence-corrected chi connectivity index (χ3v) is 4.17. The Bertz CT molecular complexity index is 740. The van der Waals surface area contributed by atoms with Gasteiger partial charge < -0.3 is 20.3 Å². The van der Waals surface area contributed by atoms with Gasteiger partial charge in [-0.3, -0.25) is 4.79 Å². The van der Waals surface area contributed by atoms with Crippen molar-refractivity contribution < 1.29 is 9.53 Å². The van der Waals surface area contributed by atoms with E-state index in [2.05, 4.69) is 31.6 Å². The third kappa shape index (κ3) is 9.41. The molecule has 0 radical (unpaired) electrons. The summed E-state index contributed by atoms with van der Waals surface area (Å²) in [4.78, 5) is 17.9. The maximum Gasteiger partial charge on any atom is 0.241 e. The summed E-state index contributed by atoms with van der Waals surface area (Å²) in [5, 5.41) is 6.26. The standard InChI is InChI=1S/C20H25BrN4O2.HI/c1-25(2)19(26)15-24-20(23-14-16-8-10-17(21)11-9-16)22-12-13-27-18-6-4-3-5-7-18;/h3-11H,12-15H2,1-2H3,(H2,22,23,24);1H. The number of benzene rings is 2. The van der Waals surface area contributed by atoms with Gasteiger partial charge in [-0.05, 0) is 29.8 Å². The van der Waals surface area contributed by atoms with E-state index < -0.39 is 0 Å². The molecule has 6 nitrogen and oxygen atoms in total. The first-order valence-electron chi connectivity index (χ1n) is 8.69. The number of carbonyl (C=O) groups is 1. The van der Waals surface area contributed by atoms with Crippen LogP contribution in [0, 0.1) is 0 Å². The number of hydrogen-bond donors (Lipinski definition) is 2. The number of amides is 1. The van der Waals surface area contributed by atoms with Crippen molar-refractivity contribution in [1.29, 1.82) is 0 Å². The van der Waals surface area contributed by atoms with Gasteiger partial charge in [0.1, 0.15) is 12.4 Å². The van der Waals surface area contributed by atoms with Crippen molar-refractivity contribution in [3.05, 3.63) is 64.6 Å². The summed E-state index contributed by atoms with van der Waals surface area (Å²) in [7, 11) is 3.45. The highest BCUT2D eigenvalue weighted by Crippen LogP contribution is 2.11. The van der Waals surface area contributed by atoms with Gasteiger partial charge in [0.15, 0.2) is 5.96 Å². The minimum atomic E-state index is -0.0197. The molecule has 8 heteroatoms. The topological polar surface area (TPSA) is 66.0 Å². The largest absolute Gasteiger partial charge is 0.492 e. The average Bonchev–Trinajstić information content (AvgIpc) is 2.68. The number of guanidine groups is 1. The maximum atomic E-state index is 11.8. The molecule has 0 aromatic heterocycles. The Hall–Kier alpha value is -1.81. The van der Waals surface area contributed by atoms with Gasteiger partial charge in [-0.2, -0.15) is 0 Å². The predicted octanol–water partition coefficient (Wildman–Crippen LogP) is 3.27. The molecule has 0 aliphatic rings. The zero-order valence-corrected chi connectivity index (χ0v) is 19.9. The Morgan fingerprint density at radius 3 is 2.39 bits per heavy atom. The summed E-state index contributed by atoms with van der Waals surface area (Å²) < 4.78 is 6.70. The molecule has 152 valence electrons. The van der Waals surface area contributed by atoms with Crippen LogP contribution in [0.1, 0.15) is 5.56 Å². The van der Waals surface area contributed by atoms with E-state index in [9.17, 15) is 4.79 Å². The lowest BCUT2D eigenvalue weighted by atomic mass is 10.2. The summed E-state index contributed by atoms with van der Waals surface area (Å²) in [6.45, 7) is 1.75. The van der Waals surface area contributed by atoms with Crippen LogP contribution in [-0.4, -0.2) is 50.6 Å². The van der Waals surface area contributed by atoms with Crippen LogP contribution in [0.15, 0.2) is 64.1 Å². The Labute approximate surface area is 191 Å². The molecule has 2 aromatic rings. The highest BCUT2D eigenvalue weighted by molar-refractivity contribution is 14.0. The molecule has 0 bridgehead atoms. The van der Waals surface area contributed by atoms with E-state index in [0.717, 1.165) is 15.8 Å². The van der Waals surface area contributed by atoms with E-state index >= 15 is 0 Å². The molecular weight excluding hydrogens is 535 g/mol. The normalized spacial score (nSPS) is 10.6. The highest BCUT2D eigenvalue weighted by atomic mass is 127. The molecule has 1 amide bonds. The second-order valence-electron chi connectivity index (χ2n) is 6.02. The van der Waals surface area contributed by atoms with Crippen molar-refractivity contribution in [3.63, 3.8) is 0 Å². The van der Waals surface area contributed by atoms with Crippen LogP contribution in [0.3, 0.4) is 0 Å². The Morgan fingerprint density at radius 1 is 1.07 bits per heavy atom. The van der Waals surface area contributed by atoms with Crippen molar-refractivity contribution in [3.8, 4) is 5.75 Å². The Kier molecular flexibility index (Phi) is 11.6. The van der Waals surface area contributed by atoms with Crippen LogP contribution in [0.5, 0.6) is 5.75 Å². The zero-order chi connectivity index (χ0) is 19.5. The van der Waals surface area contributed by atoms with Crippen LogP contribution < -0.4 is 15.4 Å². The van der Waals surface area contributed by atoms with Gasteiger partial charge in [-0.25, -0.2) is 4.99 Å². The van der Waals surface area contributed by atoms with Crippen molar-refractivity contribution in [1.82, 2.24) is 15.5 Å². The molecule has 2 rings (SSSR count). The van der Waals surface area contributed by atoms with Gasteiger partial charge in [0.05, 0.1) is 19.6 Å². The molecule has 0 aliphatic carbocycles. The van der Waals surface area contributed by atoms with E-state index in [4.69, 9.17) is 4.74 Å². The molecule has 0 fully saturated rings. The molecule has 0 heterocycles. The van der Waals surface area contributed by atoms with E-state index in [1.54, 1.807) is 14.1 Å². The molecule has 0 unspecified atom stereocenters. The molecular formula is C20H26BrIN4O2. The number of aliphatic imine (C=N–C) groups is 1. The fraction of sp³-hybridized carbons (Fsp3) is 0.300. The van der Waals surface area contributed by atoms with Gasteiger partial charge in [0, 0.05) is 18.6 Å². The number of nitrogens with zero attached hydrogens (tertiary/aromatic N) is 2. The third-order valence-electron chi connectivity index (χ3n) is 3.65. The van der Waals surface area contributed by atoms with E-state index in [0.29, 0.717) is 25.7 Å². The number of ether oxygens (including phenoxy) is 1. The van der Waals surface area contributed by atoms with Crippen molar-refractivity contribution in [2.24, 2.45) is 4.99 Å².